The third-order valence-electron chi connectivity index (χ3n) is 2.21. The van der Waals surface area contributed by atoms with Crippen molar-refractivity contribution in [3.8, 4) is 17.6 Å². The normalized spacial score (nSPS) is 9.15. The molecule has 0 spiro atoms. The molecule has 104 valence electrons. The maximum Gasteiger partial charge on any atom is 0.144 e. The van der Waals surface area contributed by atoms with Gasteiger partial charge >= 0.3 is 0 Å². The molecule has 0 aromatic heterocycles. The maximum atomic E-state index is 12.7. The summed E-state index contributed by atoms with van der Waals surface area (Å²) < 4.78 is 30.2. The summed E-state index contributed by atoms with van der Waals surface area (Å²) >= 11 is 2.94. The maximum absolute atomic E-state index is 12.7. The standard InChI is InChI=1S/C8H6FNO.C6H4BrFO/c1-11-8-4-2-3-7(9)6(8)5-10;7-5-2-1-4(9)3-6(5)8/h2-4H,1H3;1-3,9H. The van der Waals surface area contributed by atoms with Gasteiger partial charge in [0.25, 0.3) is 0 Å². The lowest BCUT2D eigenvalue weighted by molar-refractivity contribution is 0.409. The van der Waals surface area contributed by atoms with Gasteiger partial charge in [-0.1, -0.05) is 6.07 Å². The first-order valence-electron chi connectivity index (χ1n) is 5.36. The van der Waals surface area contributed by atoms with E-state index in [0.717, 1.165) is 6.07 Å². The van der Waals surface area contributed by atoms with E-state index in [1.54, 1.807) is 12.1 Å². The van der Waals surface area contributed by atoms with Crippen LogP contribution in [0.15, 0.2) is 40.9 Å². The Balaban J connectivity index is 0.000000204. The van der Waals surface area contributed by atoms with E-state index in [1.807, 2.05) is 0 Å². The Morgan fingerprint density at radius 2 is 1.90 bits per heavy atom. The lowest BCUT2D eigenvalue weighted by Crippen LogP contribution is -1.90. The van der Waals surface area contributed by atoms with Gasteiger partial charge in [0.2, 0.25) is 0 Å². The lowest BCUT2D eigenvalue weighted by Gasteiger charge is -2.00. The topological polar surface area (TPSA) is 53.2 Å². The second kappa shape index (κ2) is 7.46. The number of nitrogens with zero attached hydrogens (tertiary/aromatic N) is 1. The number of halogens is 3. The van der Waals surface area contributed by atoms with Gasteiger partial charge in [0, 0.05) is 6.07 Å². The molecular formula is C14H10BrF2NO2. The van der Waals surface area contributed by atoms with E-state index in [0.29, 0.717) is 4.47 Å². The molecule has 2 aromatic rings. The second-order valence-corrected chi connectivity index (χ2v) is 4.38. The number of nitriles is 1. The van der Waals surface area contributed by atoms with Crippen LogP contribution in [0.1, 0.15) is 5.56 Å². The molecule has 0 radical (unpaired) electrons. The Bertz CT molecular complexity index is 642. The molecule has 2 rings (SSSR count). The number of hydrogen-bond donors (Lipinski definition) is 1. The molecule has 0 saturated carbocycles. The van der Waals surface area contributed by atoms with Crippen molar-refractivity contribution in [2.45, 2.75) is 0 Å². The fraction of sp³-hybridized carbons (Fsp3) is 0.0714. The van der Waals surface area contributed by atoms with E-state index in [9.17, 15) is 8.78 Å². The predicted octanol–water partition coefficient (Wildman–Crippen LogP) is 4.00. The first kappa shape index (κ1) is 15.9. The summed E-state index contributed by atoms with van der Waals surface area (Å²) in [6.07, 6.45) is 0. The summed E-state index contributed by atoms with van der Waals surface area (Å²) in [5, 5.41) is 17.1. The number of phenolic OH excluding ortho intramolecular Hbond substituents is 1. The second-order valence-electron chi connectivity index (χ2n) is 3.53. The minimum atomic E-state index is -0.549. The summed E-state index contributed by atoms with van der Waals surface area (Å²) in [6.45, 7) is 0. The van der Waals surface area contributed by atoms with Crippen molar-refractivity contribution >= 4 is 15.9 Å². The van der Waals surface area contributed by atoms with Crippen LogP contribution in [0.4, 0.5) is 8.78 Å². The average Bonchev–Trinajstić information content (AvgIpc) is 2.43. The molecular weight excluding hydrogens is 332 g/mol. The SMILES string of the molecule is COc1cccc(F)c1C#N.Oc1ccc(Br)c(F)c1. The molecule has 1 N–H and O–H groups in total. The molecule has 6 heteroatoms. The fourth-order valence-corrected chi connectivity index (χ4v) is 1.51. The summed E-state index contributed by atoms with van der Waals surface area (Å²) in [5.74, 6) is -0.787. The number of benzene rings is 2. The average molecular weight is 342 g/mol. The highest BCUT2D eigenvalue weighted by Gasteiger charge is 2.06. The van der Waals surface area contributed by atoms with Crippen LogP contribution in [0.25, 0.3) is 0 Å². The van der Waals surface area contributed by atoms with Gasteiger partial charge in [-0.25, -0.2) is 8.78 Å². The van der Waals surface area contributed by atoms with Crippen LogP contribution in [0.3, 0.4) is 0 Å². The van der Waals surface area contributed by atoms with E-state index >= 15 is 0 Å². The summed E-state index contributed by atoms with van der Waals surface area (Å²) in [7, 11) is 1.40. The Hall–Kier alpha value is -2.13. The minimum Gasteiger partial charge on any atom is -0.508 e. The molecule has 0 saturated heterocycles. The van der Waals surface area contributed by atoms with Gasteiger partial charge in [-0.05, 0) is 40.2 Å². The van der Waals surface area contributed by atoms with E-state index in [2.05, 4.69) is 15.9 Å². The van der Waals surface area contributed by atoms with Crippen molar-refractivity contribution in [1.29, 1.82) is 5.26 Å². The molecule has 0 unspecified atom stereocenters. The van der Waals surface area contributed by atoms with Crippen LogP contribution in [0.5, 0.6) is 11.5 Å². The molecule has 0 aliphatic carbocycles. The Labute approximate surface area is 123 Å². The van der Waals surface area contributed by atoms with E-state index in [1.165, 1.54) is 31.4 Å². The Kier molecular flexibility index (Phi) is 5.94. The van der Waals surface area contributed by atoms with Gasteiger partial charge < -0.3 is 9.84 Å². The van der Waals surface area contributed by atoms with Gasteiger partial charge in [-0.15, -0.1) is 0 Å². The van der Waals surface area contributed by atoms with E-state index < -0.39 is 11.6 Å². The first-order chi connectivity index (χ1) is 9.49. The monoisotopic (exact) mass is 341 g/mol. The largest absolute Gasteiger partial charge is 0.508 e. The molecule has 0 aliphatic rings. The molecule has 0 atom stereocenters. The van der Waals surface area contributed by atoms with Crippen LogP contribution < -0.4 is 4.74 Å². The highest BCUT2D eigenvalue weighted by Crippen LogP contribution is 2.19. The molecule has 0 amide bonds. The smallest absolute Gasteiger partial charge is 0.144 e. The zero-order valence-corrected chi connectivity index (χ0v) is 12.0. The number of methoxy groups -OCH3 is 1. The van der Waals surface area contributed by atoms with Gasteiger partial charge in [0.15, 0.2) is 0 Å². The third-order valence-corrected chi connectivity index (χ3v) is 2.85. The number of rotatable bonds is 1. The molecule has 0 heterocycles. The van der Waals surface area contributed by atoms with Crippen LogP contribution in [0.2, 0.25) is 0 Å². The lowest BCUT2D eigenvalue weighted by atomic mass is 10.2. The third kappa shape index (κ3) is 4.21. The highest BCUT2D eigenvalue weighted by atomic mass is 79.9. The van der Waals surface area contributed by atoms with Crippen LogP contribution in [0, 0.1) is 23.0 Å². The minimum absolute atomic E-state index is 0.0463. The predicted molar refractivity (Wildman–Crippen MR) is 73.4 cm³/mol. The van der Waals surface area contributed by atoms with Gasteiger partial charge in [0.05, 0.1) is 11.6 Å². The molecule has 20 heavy (non-hydrogen) atoms. The molecule has 3 nitrogen and oxygen atoms in total. The fourth-order valence-electron chi connectivity index (χ4n) is 1.27. The molecule has 2 aromatic carbocycles. The van der Waals surface area contributed by atoms with E-state index in [-0.39, 0.29) is 17.1 Å². The van der Waals surface area contributed by atoms with Crippen LogP contribution in [-0.4, -0.2) is 12.2 Å². The molecule has 0 aliphatic heterocycles. The van der Waals surface area contributed by atoms with Crippen molar-refractivity contribution in [2.75, 3.05) is 7.11 Å². The van der Waals surface area contributed by atoms with Crippen LogP contribution >= 0.6 is 15.9 Å². The Morgan fingerprint density at radius 3 is 2.35 bits per heavy atom. The van der Waals surface area contributed by atoms with Crippen molar-refractivity contribution in [3.63, 3.8) is 0 Å². The van der Waals surface area contributed by atoms with E-state index in [4.69, 9.17) is 15.1 Å². The van der Waals surface area contributed by atoms with Gasteiger partial charge in [-0.2, -0.15) is 5.26 Å². The first-order valence-corrected chi connectivity index (χ1v) is 6.15. The van der Waals surface area contributed by atoms with Gasteiger partial charge in [-0.3, -0.25) is 0 Å². The van der Waals surface area contributed by atoms with Gasteiger partial charge in [0.1, 0.15) is 34.8 Å². The zero-order valence-electron chi connectivity index (χ0n) is 10.4. The molecule has 0 fully saturated rings. The molecule has 0 bridgehead atoms. The highest BCUT2D eigenvalue weighted by molar-refractivity contribution is 9.10. The van der Waals surface area contributed by atoms with Crippen molar-refractivity contribution in [3.05, 3.63) is 58.1 Å². The van der Waals surface area contributed by atoms with Crippen molar-refractivity contribution in [2.24, 2.45) is 0 Å². The van der Waals surface area contributed by atoms with Crippen molar-refractivity contribution < 1.29 is 18.6 Å². The summed E-state index contributed by atoms with van der Waals surface area (Å²) in [5.41, 5.74) is -0.0463. The van der Waals surface area contributed by atoms with Crippen LogP contribution in [-0.2, 0) is 0 Å². The Morgan fingerprint density at radius 1 is 1.20 bits per heavy atom. The summed E-state index contributed by atoms with van der Waals surface area (Å²) in [4.78, 5) is 0. The number of hydrogen-bond acceptors (Lipinski definition) is 3. The number of ether oxygens (including phenoxy) is 1. The number of aromatic hydroxyl groups is 1. The summed E-state index contributed by atoms with van der Waals surface area (Å²) in [6, 6.07) is 9.88. The quantitative estimate of drug-likeness (QED) is 0.852. The number of phenols is 1. The zero-order chi connectivity index (χ0) is 15.1. The van der Waals surface area contributed by atoms with Crippen molar-refractivity contribution in [1.82, 2.24) is 0 Å².